The molecule has 1 aromatic carbocycles. The molecular formula is C16H20N2O. The van der Waals surface area contributed by atoms with Crippen LogP contribution in [0.15, 0.2) is 36.5 Å². The van der Waals surface area contributed by atoms with Gasteiger partial charge in [-0.05, 0) is 37.5 Å². The van der Waals surface area contributed by atoms with E-state index in [0.717, 1.165) is 11.3 Å². The molecule has 1 N–H and O–H groups in total. The molecule has 2 aromatic rings. The lowest BCUT2D eigenvalue weighted by Gasteiger charge is -2.08. The van der Waals surface area contributed by atoms with Gasteiger partial charge in [0.1, 0.15) is 6.54 Å². The lowest BCUT2D eigenvalue weighted by atomic mass is 10.2. The van der Waals surface area contributed by atoms with Gasteiger partial charge >= 0.3 is 0 Å². The van der Waals surface area contributed by atoms with Gasteiger partial charge < -0.3 is 9.88 Å². The van der Waals surface area contributed by atoms with Gasteiger partial charge in [-0.15, -0.1) is 0 Å². The molecule has 3 heteroatoms. The number of aromatic nitrogens is 1. The van der Waals surface area contributed by atoms with Gasteiger partial charge in [-0.25, -0.2) is 0 Å². The second-order valence-corrected chi connectivity index (χ2v) is 4.91. The zero-order valence-electron chi connectivity index (χ0n) is 11.7. The lowest BCUT2D eigenvalue weighted by Crippen LogP contribution is -2.27. The summed E-state index contributed by atoms with van der Waals surface area (Å²) in [7, 11) is 0. The van der Waals surface area contributed by atoms with Crippen molar-refractivity contribution in [3.63, 3.8) is 0 Å². The maximum absolute atomic E-state index is 11.9. The molecule has 100 valence electrons. The first kappa shape index (κ1) is 13.4. The van der Waals surface area contributed by atoms with Crippen molar-refractivity contribution >= 4 is 5.91 Å². The quantitative estimate of drug-likeness (QED) is 0.896. The predicted octanol–water partition coefficient (Wildman–Crippen LogP) is 2.73. The van der Waals surface area contributed by atoms with Crippen LogP contribution in [0.25, 0.3) is 0 Å². The number of hydrogen-bond acceptors (Lipinski definition) is 1. The van der Waals surface area contributed by atoms with E-state index in [1.807, 2.05) is 48.0 Å². The molecule has 0 saturated heterocycles. The summed E-state index contributed by atoms with van der Waals surface area (Å²) in [6, 6.07) is 9.94. The van der Waals surface area contributed by atoms with Crippen molar-refractivity contribution in [2.45, 2.75) is 33.9 Å². The molecule has 1 amide bonds. The van der Waals surface area contributed by atoms with Gasteiger partial charge in [-0.1, -0.05) is 30.3 Å². The van der Waals surface area contributed by atoms with Gasteiger partial charge in [0.25, 0.3) is 0 Å². The normalized spacial score (nSPS) is 10.5. The Morgan fingerprint density at radius 1 is 1.16 bits per heavy atom. The van der Waals surface area contributed by atoms with Gasteiger partial charge in [0.15, 0.2) is 0 Å². The fourth-order valence-corrected chi connectivity index (χ4v) is 2.10. The highest BCUT2D eigenvalue weighted by atomic mass is 16.1. The zero-order valence-corrected chi connectivity index (χ0v) is 11.7. The van der Waals surface area contributed by atoms with E-state index in [2.05, 4.69) is 19.2 Å². The summed E-state index contributed by atoms with van der Waals surface area (Å²) in [5, 5.41) is 2.94. The van der Waals surface area contributed by atoms with E-state index in [4.69, 9.17) is 0 Å². The minimum absolute atomic E-state index is 0.0435. The van der Waals surface area contributed by atoms with Gasteiger partial charge in [0.05, 0.1) is 0 Å². The Morgan fingerprint density at radius 3 is 2.42 bits per heavy atom. The molecule has 2 rings (SSSR count). The third-order valence-corrected chi connectivity index (χ3v) is 3.56. The summed E-state index contributed by atoms with van der Waals surface area (Å²) in [4.78, 5) is 11.9. The predicted molar refractivity (Wildman–Crippen MR) is 76.9 cm³/mol. The van der Waals surface area contributed by atoms with Crippen molar-refractivity contribution in [2.24, 2.45) is 0 Å². The molecular weight excluding hydrogens is 236 g/mol. The number of carbonyl (C=O) groups excluding carboxylic acids is 1. The van der Waals surface area contributed by atoms with Gasteiger partial charge in [0.2, 0.25) is 5.91 Å². The second-order valence-electron chi connectivity index (χ2n) is 4.91. The first-order chi connectivity index (χ1) is 9.08. The van der Waals surface area contributed by atoms with Crippen LogP contribution in [0, 0.1) is 20.8 Å². The molecule has 0 radical (unpaired) electrons. The van der Waals surface area contributed by atoms with Gasteiger partial charge in [-0.3, -0.25) is 4.79 Å². The number of hydrogen-bond donors (Lipinski definition) is 1. The molecule has 0 aliphatic carbocycles. The monoisotopic (exact) mass is 256 g/mol. The third kappa shape index (κ3) is 3.25. The number of aryl methyl sites for hydroxylation is 1. The largest absolute Gasteiger partial charge is 0.350 e. The highest BCUT2D eigenvalue weighted by molar-refractivity contribution is 5.75. The van der Waals surface area contributed by atoms with Crippen LogP contribution in [-0.4, -0.2) is 10.5 Å². The molecule has 3 nitrogen and oxygen atoms in total. The van der Waals surface area contributed by atoms with Crippen LogP contribution >= 0.6 is 0 Å². The van der Waals surface area contributed by atoms with E-state index in [9.17, 15) is 4.79 Å². The summed E-state index contributed by atoms with van der Waals surface area (Å²) >= 11 is 0. The number of nitrogens with zero attached hydrogens (tertiary/aromatic N) is 1. The summed E-state index contributed by atoms with van der Waals surface area (Å²) in [5.74, 6) is 0.0435. The highest BCUT2D eigenvalue weighted by Gasteiger charge is 2.08. The maximum Gasteiger partial charge on any atom is 0.240 e. The molecule has 0 spiro atoms. The molecule has 0 unspecified atom stereocenters. The Morgan fingerprint density at radius 2 is 1.84 bits per heavy atom. The zero-order chi connectivity index (χ0) is 13.8. The molecule has 0 fully saturated rings. The minimum atomic E-state index is 0.0435. The topological polar surface area (TPSA) is 34.0 Å². The van der Waals surface area contributed by atoms with Crippen molar-refractivity contribution in [3.05, 3.63) is 58.9 Å². The van der Waals surface area contributed by atoms with Gasteiger partial charge in [-0.2, -0.15) is 0 Å². The minimum Gasteiger partial charge on any atom is -0.350 e. The van der Waals surface area contributed by atoms with E-state index in [1.165, 1.54) is 11.1 Å². The van der Waals surface area contributed by atoms with Crippen molar-refractivity contribution < 1.29 is 4.79 Å². The smallest absolute Gasteiger partial charge is 0.240 e. The van der Waals surface area contributed by atoms with Crippen LogP contribution < -0.4 is 5.32 Å². The molecule has 1 aromatic heterocycles. The number of carbonyl (C=O) groups is 1. The number of amides is 1. The van der Waals surface area contributed by atoms with E-state index in [-0.39, 0.29) is 5.91 Å². The Bertz CT molecular complexity index is 570. The number of benzene rings is 1. The SMILES string of the molecule is Cc1cn(CC(=O)NCc2ccccc2)c(C)c1C. The molecule has 0 aliphatic rings. The first-order valence-electron chi connectivity index (χ1n) is 6.51. The number of rotatable bonds is 4. The fraction of sp³-hybridized carbons (Fsp3) is 0.312. The molecule has 0 saturated carbocycles. The Hall–Kier alpha value is -2.03. The standard InChI is InChI=1S/C16H20N2O/c1-12-10-18(14(3)13(12)2)11-16(19)17-9-15-7-5-4-6-8-15/h4-8,10H,9,11H2,1-3H3,(H,17,19). The average Bonchev–Trinajstić information content (AvgIpc) is 2.65. The van der Waals surface area contributed by atoms with Crippen LogP contribution in [0.4, 0.5) is 0 Å². The molecule has 19 heavy (non-hydrogen) atoms. The van der Waals surface area contributed by atoms with Crippen LogP contribution in [0.1, 0.15) is 22.4 Å². The molecule has 1 heterocycles. The number of nitrogens with one attached hydrogen (secondary N) is 1. The average molecular weight is 256 g/mol. The fourth-order valence-electron chi connectivity index (χ4n) is 2.10. The first-order valence-corrected chi connectivity index (χ1v) is 6.51. The van der Waals surface area contributed by atoms with Crippen molar-refractivity contribution in [1.82, 2.24) is 9.88 Å². The maximum atomic E-state index is 11.9. The van der Waals surface area contributed by atoms with E-state index in [1.54, 1.807) is 0 Å². The summed E-state index contributed by atoms with van der Waals surface area (Å²) in [6.45, 7) is 7.17. The van der Waals surface area contributed by atoms with Crippen molar-refractivity contribution in [2.75, 3.05) is 0 Å². The van der Waals surface area contributed by atoms with Gasteiger partial charge in [0, 0.05) is 18.4 Å². The van der Waals surface area contributed by atoms with Crippen molar-refractivity contribution in [1.29, 1.82) is 0 Å². The molecule has 0 aliphatic heterocycles. The Labute approximate surface area is 114 Å². The highest BCUT2D eigenvalue weighted by Crippen LogP contribution is 2.14. The molecule has 0 atom stereocenters. The Kier molecular flexibility index (Phi) is 4.05. The van der Waals surface area contributed by atoms with Crippen LogP contribution in [-0.2, 0) is 17.9 Å². The van der Waals surface area contributed by atoms with E-state index in [0.29, 0.717) is 13.1 Å². The van der Waals surface area contributed by atoms with Crippen LogP contribution in [0.2, 0.25) is 0 Å². The van der Waals surface area contributed by atoms with Crippen LogP contribution in [0.3, 0.4) is 0 Å². The van der Waals surface area contributed by atoms with E-state index >= 15 is 0 Å². The summed E-state index contributed by atoms with van der Waals surface area (Å²) in [5.41, 5.74) is 4.77. The molecule has 0 bridgehead atoms. The van der Waals surface area contributed by atoms with Crippen LogP contribution in [0.5, 0.6) is 0 Å². The Balaban J connectivity index is 1.93. The second kappa shape index (κ2) is 5.74. The summed E-state index contributed by atoms with van der Waals surface area (Å²) < 4.78 is 2.00. The van der Waals surface area contributed by atoms with Crippen molar-refractivity contribution in [3.8, 4) is 0 Å². The summed E-state index contributed by atoms with van der Waals surface area (Å²) in [6.07, 6.45) is 2.03. The third-order valence-electron chi connectivity index (χ3n) is 3.56. The van der Waals surface area contributed by atoms with E-state index < -0.39 is 0 Å². The lowest BCUT2D eigenvalue weighted by molar-refractivity contribution is -0.121.